The largest absolute Gasteiger partial charge is 0.438 e. The number of halogens is 3. The maximum absolute atomic E-state index is 12.7. The molecule has 0 amide bonds. The van der Waals surface area contributed by atoms with Crippen LogP contribution in [0.1, 0.15) is 11.1 Å². The van der Waals surface area contributed by atoms with Gasteiger partial charge in [-0.2, -0.15) is 13.2 Å². The molecule has 0 fully saturated rings. The highest BCUT2D eigenvalue weighted by atomic mass is 19.4. The van der Waals surface area contributed by atoms with E-state index in [1.54, 1.807) is 54.6 Å². The SMILES string of the molecule is O=C(Oc1ccccc1)n1ccc2c(Oc3ccc(NC(O)Cc4ccc(C(F)(F)F)cc4)cc3)ncnc21. The van der Waals surface area contributed by atoms with Gasteiger partial charge in [-0.05, 0) is 60.2 Å². The van der Waals surface area contributed by atoms with Gasteiger partial charge in [-0.1, -0.05) is 30.3 Å². The van der Waals surface area contributed by atoms with Crippen molar-refractivity contribution in [2.75, 3.05) is 5.32 Å². The Morgan fingerprint density at radius 2 is 1.64 bits per heavy atom. The van der Waals surface area contributed by atoms with E-state index in [1.165, 1.54) is 29.2 Å². The Hall–Kier alpha value is -4.90. The van der Waals surface area contributed by atoms with Gasteiger partial charge in [0.15, 0.2) is 5.65 Å². The van der Waals surface area contributed by atoms with Gasteiger partial charge in [0.2, 0.25) is 5.88 Å². The Kier molecular flexibility index (Phi) is 7.15. The van der Waals surface area contributed by atoms with Crippen LogP contribution in [0.3, 0.4) is 0 Å². The van der Waals surface area contributed by atoms with Gasteiger partial charge in [0.1, 0.15) is 24.1 Å². The number of fused-ring (bicyclic) bond motifs is 1. The van der Waals surface area contributed by atoms with Crippen molar-refractivity contribution in [2.24, 2.45) is 0 Å². The predicted molar refractivity (Wildman–Crippen MR) is 137 cm³/mol. The van der Waals surface area contributed by atoms with Crippen LogP contribution in [0.4, 0.5) is 23.7 Å². The number of nitrogens with zero attached hydrogens (tertiary/aromatic N) is 3. The molecule has 1 unspecified atom stereocenters. The fraction of sp³-hybridized carbons (Fsp3) is 0.107. The number of anilines is 1. The van der Waals surface area contributed by atoms with Crippen LogP contribution < -0.4 is 14.8 Å². The highest BCUT2D eigenvalue weighted by Crippen LogP contribution is 2.30. The van der Waals surface area contributed by atoms with Crippen molar-refractivity contribution in [3.05, 3.63) is 109 Å². The molecule has 198 valence electrons. The Morgan fingerprint density at radius 3 is 2.33 bits per heavy atom. The van der Waals surface area contributed by atoms with E-state index >= 15 is 0 Å². The molecule has 8 nitrogen and oxygen atoms in total. The molecule has 2 N–H and O–H groups in total. The number of benzene rings is 3. The van der Waals surface area contributed by atoms with Crippen molar-refractivity contribution in [1.82, 2.24) is 14.5 Å². The standard InChI is InChI=1S/C28H21F3N4O4/c29-28(30,31)19-8-6-18(7-9-19)16-24(36)34-20-10-12-22(13-11-20)38-26-23-14-15-35(25(23)32-17-33-26)27(37)39-21-4-2-1-3-5-21/h1-15,17,24,34,36H,16H2. The number of para-hydroxylation sites is 1. The first-order valence-corrected chi connectivity index (χ1v) is 11.7. The summed E-state index contributed by atoms with van der Waals surface area (Å²) in [4.78, 5) is 21.0. The molecule has 0 spiro atoms. The van der Waals surface area contributed by atoms with Crippen LogP contribution in [0, 0.1) is 0 Å². The second-order valence-electron chi connectivity index (χ2n) is 8.47. The average molecular weight is 534 g/mol. The molecule has 3 aromatic carbocycles. The van der Waals surface area contributed by atoms with E-state index in [9.17, 15) is 23.1 Å². The van der Waals surface area contributed by atoms with Gasteiger partial charge < -0.3 is 19.9 Å². The molecule has 0 aliphatic heterocycles. The maximum atomic E-state index is 12.7. The zero-order valence-electron chi connectivity index (χ0n) is 20.2. The third-order valence-corrected chi connectivity index (χ3v) is 5.70. The highest BCUT2D eigenvalue weighted by Gasteiger charge is 2.30. The van der Waals surface area contributed by atoms with Gasteiger partial charge in [0, 0.05) is 18.3 Å². The summed E-state index contributed by atoms with van der Waals surface area (Å²) in [5, 5.41) is 13.7. The van der Waals surface area contributed by atoms with Gasteiger partial charge in [0.25, 0.3) is 0 Å². The smallest absolute Gasteiger partial charge is 0.425 e. The first-order valence-electron chi connectivity index (χ1n) is 11.7. The predicted octanol–water partition coefficient (Wildman–Crippen LogP) is 6.26. The van der Waals surface area contributed by atoms with Crippen molar-refractivity contribution in [3.63, 3.8) is 0 Å². The molecule has 0 saturated carbocycles. The fourth-order valence-corrected chi connectivity index (χ4v) is 3.82. The van der Waals surface area contributed by atoms with Crippen molar-refractivity contribution >= 4 is 22.8 Å². The third-order valence-electron chi connectivity index (χ3n) is 5.70. The number of rotatable bonds is 7. The van der Waals surface area contributed by atoms with Gasteiger partial charge in [-0.3, -0.25) is 0 Å². The topological polar surface area (TPSA) is 98.5 Å². The number of hydrogen-bond acceptors (Lipinski definition) is 7. The molecule has 1 atom stereocenters. The molecule has 39 heavy (non-hydrogen) atoms. The quantitative estimate of drug-likeness (QED) is 0.238. The Balaban J connectivity index is 1.22. The number of carbonyl (C=O) groups is 1. The second kappa shape index (κ2) is 10.8. The molecule has 0 saturated heterocycles. The van der Waals surface area contributed by atoms with Crippen molar-refractivity contribution in [2.45, 2.75) is 18.8 Å². The lowest BCUT2D eigenvalue weighted by molar-refractivity contribution is -0.137. The minimum atomic E-state index is -4.41. The van der Waals surface area contributed by atoms with Crippen molar-refractivity contribution in [1.29, 1.82) is 0 Å². The molecule has 11 heteroatoms. The van der Waals surface area contributed by atoms with E-state index in [2.05, 4.69) is 15.3 Å². The number of nitrogens with one attached hydrogen (secondary N) is 1. The summed E-state index contributed by atoms with van der Waals surface area (Å²) in [5.74, 6) is 1.07. The molecule has 2 heterocycles. The Bertz CT molecular complexity index is 1570. The van der Waals surface area contributed by atoms with E-state index in [4.69, 9.17) is 9.47 Å². The summed E-state index contributed by atoms with van der Waals surface area (Å²) in [6.45, 7) is 0. The number of alkyl halides is 3. The zero-order valence-corrected chi connectivity index (χ0v) is 20.2. The molecule has 5 aromatic rings. The lowest BCUT2D eigenvalue weighted by atomic mass is 10.1. The average Bonchev–Trinajstić information content (AvgIpc) is 3.36. The number of carbonyl (C=O) groups excluding carboxylic acids is 1. The first kappa shape index (κ1) is 25.7. The van der Waals surface area contributed by atoms with Crippen LogP contribution in [0.2, 0.25) is 0 Å². The molecule has 0 aliphatic carbocycles. The summed E-state index contributed by atoms with van der Waals surface area (Å²) < 4.78 is 50.7. The summed E-state index contributed by atoms with van der Waals surface area (Å²) >= 11 is 0. The number of aliphatic hydroxyl groups excluding tert-OH is 1. The van der Waals surface area contributed by atoms with Crippen LogP contribution in [0.25, 0.3) is 11.0 Å². The summed E-state index contributed by atoms with van der Waals surface area (Å²) in [6.07, 6.45) is -3.16. The van der Waals surface area contributed by atoms with Crippen molar-refractivity contribution < 1.29 is 32.5 Å². The van der Waals surface area contributed by atoms with Gasteiger partial charge in [-0.25, -0.2) is 19.3 Å². The van der Waals surface area contributed by atoms with Crippen LogP contribution in [-0.2, 0) is 12.6 Å². The lowest BCUT2D eigenvalue weighted by Gasteiger charge is -2.15. The summed E-state index contributed by atoms with van der Waals surface area (Å²) in [6, 6.07) is 21.6. The number of ether oxygens (including phenoxy) is 2. The van der Waals surface area contributed by atoms with E-state index in [-0.39, 0.29) is 12.3 Å². The van der Waals surface area contributed by atoms with Crippen LogP contribution >= 0.6 is 0 Å². The maximum Gasteiger partial charge on any atom is 0.425 e. The first-order chi connectivity index (χ1) is 18.8. The van der Waals surface area contributed by atoms with E-state index in [0.29, 0.717) is 33.8 Å². The van der Waals surface area contributed by atoms with Gasteiger partial charge in [0.05, 0.1) is 10.9 Å². The molecule has 0 radical (unpaired) electrons. The zero-order chi connectivity index (χ0) is 27.4. The Morgan fingerprint density at radius 1 is 0.923 bits per heavy atom. The van der Waals surface area contributed by atoms with Crippen LogP contribution in [-0.4, -0.2) is 32.0 Å². The molecule has 0 aliphatic rings. The van der Waals surface area contributed by atoms with E-state index in [1.807, 2.05) is 6.07 Å². The van der Waals surface area contributed by atoms with Crippen LogP contribution in [0.15, 0.2) is 97.5 Å². The van der Waals surface area contributed by atoms with Gasteiger partial charge >= 0.3 is 12.3 Å². The molecule has 2 aromatic heterocycles. The number of aromatic nitrogens is 3. The minimum absolute atomic E-state index is 0.110. The summed E-state index contributed by atoms with van der Waals surface area (Å²) in [7, 11) is 0. The Labute approximate surface area is 220 Å². The normalized spacial score (nSPS) is 12.2. The second-order valence-corrected chi connectivity index (χ2v) is 8.47. The third kappa shape index (κ3) is 6.16. The summed E-state index contributed by atoms with van der Waals surface area (Å²) in [5.41, 5.74) is 0.694. The van der Waals surface area contributed by atoms with E-state index in [0.717, 1.165) is 12.1 Å². The molecular formula is C28H21F3N4O4. The van der Waals surface area contributed by atoms with Gasteiger partial charge in [-0.15, -0.1) is 0 Å². The number of aliphatic hydroxyl groups is 1. The minimum Gasteiger partial charge on any atom is -0.438 e. The van der Waals surface area contributed by atoms with E-state index < -0.39 is 24.1 Å². The molecular weight excluding hydrogens is 513 g/mol. The molecule has 0 bridgehead atoms. The lowest BCUT2D eigenvalue weighted by Crippen LogP contribution is -2.21. The highest BCUT2D eigenvalue weighted by molar-refractivity contribution is 5.90. The van der Waals surface area contributed by atoms with Crippen LogP contribution in [0.5, 0.6) is 17.4 Å². The van der Waals surface area contributed by atoms with Crippen molar-refractivity contribution in [3.8, 4) is 17.4 Å². The monoisotopic (exact) mass is 534 g/mol. The fourth-order valence-electron chi connectivity index (χ4n) is 3.82. The molecule has 5 rings (SSSR count). The number of hydrogen-bond donors (Lipinski definition) is 2.